The van der Waals surface area contributed by atoms with Gasteiger partial charge in [0.2, 0.25) is 3.79 Å². The van der Waals surface area contributed by atoms with Gasteiger partial charge in [-0.1, -0.05) is 40.9 Å². The normalized spacial score (nSPS) is 12.1. The van der Waals surface area contributed by atoms with E-state index in [1.165, 1.54) is 25.1 Å². The van der Waals surface area contributed by atoms with Crippen molar-refractivity contribution in [3.63, 3.8) is 0 Å². The number of nitro groups is 1. The highest BCUT2D eigenvalue weighted by atomic mass is 35.6. The van der Waals surface area contributed by atoms with E-state index in [0.717, 1.165) is 17.4 Å². The minimum absolute atomic E-state index is 0.0438. The highest BCUT2D eigenvalue weighted by molar-refractivity contribution is 7.18. The molecule has 172 valence electrons. The summed E-state index contributed by atoms with van der Waals surface area (Å²) in [6.45, 7) is 4.65. The largest absolute Gasteiger partial charge is 0.462 e. The average molecular weight is 523 g/mol. The molecule has 2 N–H and O–H groups in total. The fourth-order valence-electron chi connectivity index (χ4n) is 2.71. The van der Waals surface area contributed by atoms with Crippen LogP contribution in [0, 0.1) is 17.0 Å². The topological polar surface area (TPSA) is 128 Å². The van der Waals surface area contributed by atoms with Crippen LogP contribution in [0.25, 0.3) is 0 Å². The molecule has 0 aliphatic heterocycles. The lowest BCUT2D eigenvalue weighted by atomic mass is 10.1. The molecule has 1 aromatic carbocycles. The van der Waals surface area contributed by atoms with Crippen molar-refractivity contribution >= 4 is 74.5 Å². The van der Waals surface area contributed by atoms with Crippen LogP contribution < -0.4 is 10.6 Å². The number of thiophene rings is 1. The first-order valence-electron chi connectivity index (χ1n) is 9.06. The first-order valence-corrected chi connectivity index (χ1v) is 11.0. The summed E-state index contributed by atoms with van der Waals surface area (Å²) in [5, 5.41) is 16.4. The van der Waals surface area contributed by atoms with Gasteiger partial charge in [-0.15, -0.1) is 11.3 Å². The Balaban J connectivity index is 2.42. The van der Waals surface area contributed by atoms with Crippen molar-refractivity contribution < 1.29 is 24.0 Å². The first kappa shape index (κ1) is 25.9. The molecule has 0 saturated heterocycles. The Labute approximate surface area is 202 Å². The third-order valence-electron chi connectivity index (χ3n) is 4.14. The van der Waals surface area contributed by atoms with Crippen LogP contribution in [0.5, 0.6) is 0 Å². The van der Waals surface area contributed by atoms with E-state index in [4.69, 9.17) is 39.5 Å². The van der Waals surface area contributed by atoms with Crippen molar-refractivity contribution in [3.8, 4) is 0 Å². The minimum Gasteiger partial charge on any atom is -0.462 e. The summed E-state index contributed by atoms with van der Waals surface area (Å²) in [6, 6.07) is 4.99. The van der Waals surface area contributed by atoms with Crippen LogP contribution in [-0.2, 0) is 4.74 Å². The second kappa shape index (κ2) is 10.5. The number of nitrogens with zero attached hydrogens (tertiary/aromatic N) is 1. The van der Waals surface area contributed by atoms with Gasteiger partial charge in [0.15, 0.2) is 5.78 Å². The smallest absolute Gasteiger partial charge is 0.341 e. The number of hydrogen-bond donors (Lipinski definition) is 2. The Hall–Kier alpha value is -2.40. The van der Waals surface area contributed by atoms with Crippen LogP contribution in [-0.4, -0.2) is 39.1 Å². The molecule has 2 rings (SSSR count). The Morgan fingerprint density at radius 1 is 1.28 bits per heavy atom. The summed E-state index contributed by atoms with van der Waals surface area (Å²) >= 11 is 19.0. The maximum atomic E-state index is 12.7. The lowest BCUT2D eigenvalue weighted by Crippen LogP contribution is -2.49. The number of ketones is 1. The number of carbonyl (C=O) groups excluding carboxylic acids is 3. The van der Waals surface area contributed by atoms with E-state index in [0.29, 0.717) is 10.4 Å². The molecule has 1 atom stereocenters. The third kappa shape index (κ3) is 6.10. The number of rotatable bonds is 8. The lowest BCUT2D eigenvalue weighted by molar-refractivity contribution is -0.384. The van der Waals surface area contributed by atoms with E-state index in [1.54, 1.807) is 13.8 Å². The SMILES string of the molecule is CCOC(=O)c1c(N[C@@H](NC(=O)c2cccc([N+](=O)[O-])c2)C(Cl)(Cl)Cl)sc(C(C)=O)c1C. The Kier molecular flexibility index (Phi) is 8.47. The number of Topliss-reactive ketones (excluding diaryl/α,β-unsaturated/α-hetero) is 1. The lowest BCUT2D eigenvalue weighted by Gasteiger charge is -2.27. The molecular formula is C19H18Cl3N3O6S. The zero-order valence-electron chi connectivity index (χ0n) is 17.0. The van der Waals surface area contributed by atoms with Gasteiger partial charge in [0.05, 0.1) is 22.0 Å². The molecule has 1 aromatic heterocycles. The number of nitro benzene ring substituents is 1. The van der Waals surface area contributed by atoms with Crippen LogP contribution in [0.15, 0.2) is 24.3 Å². The Morgan fingerprint density at radius 2 is 1.94 bits per heavy atom. The van der Waals surface area contributed by atoms with Crippen LogP contribution in [0.3, 0.4) is 0 Å². The van der Waals surface area contributed by atoms with E-state index >= 15 is 0 Å². The molecule has 0 unspecified atom stereocenters. The Morgan fingerprint density at radius 3 is 2.47 bits per heavy atom. The highest BCUT2D eigenvalue weighted by Gasteiger charge is 2.36. The number of hydrogen-bond acceptors (Lipinski definition) is 8. The second-order valence-electron chi connectivity index (χ2n) is 6.44. The van der Waals surface area contributed by atoms with Gasteiger partial charge in [-0.25, -0.2) is 4.79 Å². The van der Waals surface area contributed by atoms with Crippen molar-refractivity contribution in [2.24, 2.45) is 0 Å². The number of benzene rings is 1. The van der Waals surface area contributed by atoms with Crippen LogP contribution in [0.1, 0.15) is 49.8 Å². The summed E-state index contributed by atoms with van der Waals surface area (Å²) in [6.07, 6.45) is -1.37. The summed E-state index contributed by atoms with van der Waals surface area (Å²) in [4.78, 5) is 47.7. The number of alkyl halides is 3. The van der Waals surface area contributed by atoms with E-state index in [1.807, 2.05) is 0 Å². The molecule has 32 heavy (non-hydrogen) atoms. The molecule has 0 radical (unpaired) electrons. The van der Waals surface area contributed by atoms with Crippen molar-refractivity contribution in [2.45, 2.75) is 30.7 Å². The quantitative estimate of drug-likeness (QED) is 0.126. The molecule has 0 aliphatic rings. The van der Waals surface area contributed by atoms with Gasteiger partial charge in [0.1, 0.15) is 11.2 Å². The molecule has 2 aromatic rings. The van der Waals surface area contributed by atoms with Crippen LogP contribution in [0.4, 0.5) is 10.7 Å². The van der Waals surface area contributed by atoms with Gasteiger partial charge in [0, 0.05) is 17.7 Å². The second-order valence-corrected chi connectivity index (χ2v) is 9.83. The van der Waals surface area contributed by atoms with Gasteiger partial charge < -0.3 is 15.4 Å². The number of anilines is 1. The van der Waals surface area contributed by atoms with Crippen molar-refractivity contribution in [2.75, 3.05) is 11.9 Å². The number of nitrogens with one attached hydrogen (secondary N) is 2. The number of halogens is 3. The van der Waals surface area contributed by atoms with Crippen molar-refractivity contribution in [3.05, 3.63) is 55.9 Å². The van der Waals surface area contributed by atoms with Gasteiger partial charge in [-0.05, 0) is 32.4 Å². The standard InChI is InChI=1S/C19H18Cl3N3O6S/c1-4-31-17(28)13-9(2)14(10(3)26)32-16(13)24-18(19(20,21)22)23-15(27)11-6-5-7-12(8-11)25(29)30/h5-8,18,24H,4H2,1-3H3,(H,23,27)/t18-/m1/s1. The third-order valence-corrected chi connectivity index (χ3v) is 6.12. The van der Waals surface area contributed by atoms with Crippen LogP contribution >= 0.6 is 46.1 Å². The fourth-order valence-corrected chi connectivity index (χ4v) is 4.15. The maximum Gasteiger partial charge on any atom is 0.341 e. The molecule has 0 fully saturated rings. The molecule has 13 heteroatoms. The highest BCUT2D eigenvalue weighted by Crippen LogP contribution is 2.38. The molecule has 1 amide bonds. The molecule has 0 aliphatic carbocycles. The fraction of sp³-hybridized carbons (Fsp3) is 0.316. The van der Waals surface area contributed by atoms with Gasteiger partial charge in [0.25, 0.3) is 11.6 Å². The zero-order chi connectivity index (χ0) is 24.2. The Bertz CT molecular complexity index is 1070. The summed E-state index contributed by atoms with van der Waals surface area (Å²) in [5.41, 5.74) is 0.126. The number of ether oxygens (including phenoxy) is 1. The molecule has 0 spiro atoms. The first-order chi connectivity index (χ1) is 14.9. The van der Waals surface area contributed by atoms with E-state index in [9.17, 15) is 24.5 Å². The average Bonchev–Trinajstić information content (AvgIpc) is 3.03. The van der Waals surface area contributed by atoms with E-state index in [-0.39, 0.29) is 34.2 Å². The number of carbonyl (C=O) groups is 3. The predicted octanol–water partition coefficient (Wildman–Crippen LogP) is 4.88. The minimum atomic E-state index is -2.10. The summed E-state index contributed by atoms with van der Waals surface area (Å²) in [5.74, 6) is -1.74. The van der Waals surface area contributed by atoms with E-state index in [2.05, 4.69) is 10.6 Å². The summed E-state index contributed by atoms with van der Waals surface area (Å²) in [7, 11) is 0. The maximum absolute atomic E-state index is 12.7. The van der Waals surface area contributed by atoms with Gasteiger partial charge in [-0.3, -0.25) is 19.7 Å². The zero-order valence-corrected chi connectivity index (χ0v) is 20.1. The van der Waals surface area contributed by atoms with Crippen molar-refractivity contribution in [1.29, 1.82) is 0 Å². The number of non-ortho nitro benzene ring substituents is 1. The van der Waals surface area contributed by atoms with E-state index < -0.39 is 26.8 Å². The predicted molar refractivity (Wildman–Crippen MR) is 123 cm³/mol. The molecule has 9 nitrogen and oxygen atoms in total. The van der Waals surface area contributed by atoms with Crippen molar-refractivity contribution in [1.82, 2.24) is 5.32 Å². The van der Waals surface area contributed by atoms with Crippen LogP contribution in [0.2, 0.25) is 0 Å². The van der Waals surface area contributed by atoms with Gasteiger partial charge in [-0.2, -0.15) is 0 Å². The number of esters is 1. The van der Waals surface area contributed by atoms with Gasteiger partial charge >= 0.3 is 5.97 Å². The molecule has 0 saturated carbocycles. The monoisotopic (exact) mass is 521 g/mol. The molecular weight excluding hydrogens is 505 g/mol. The molecule has 1 heterocycles. The molecule has 0 bridgehead atoms. The summed E-state index contributed by atoms with van der Waals surface area (Å²) < 4.78 is 2.96. The number of amides is 1.